The molecule has 1 saturated carbocycles. The number of hydrogen-bond acceptors (Lipinski definition) is 7. The summed E-state index contributed by atoms with van der Waals surface area (Å²) in [5.41, 5.74) is 0.211. The van der Waals surface area contributed by atoms with E-state index in [-0.39, 0.29) is 41.8 Å². The smallest absolute Gasteiger partial charge is 0.419 e. The van der Waals surface area contributed by atoms with Gasteiger partial charge in [0.1, 0.15) is 17.5 Å². The molecule has 47 heavy (non-hydrogen) atoms. The maximum absolute atomic E-state index is 14.2. The van der Waals surface area contributed by atoms with Crippen molar-refractivity contribution < 1.29 is 22.7 Å². The van der Waals surface area contributed by atoms with E-state index >= 15 is 0 Å². The summed E-state index contributed by atoms with van der Waals surface area (Å²) in [4.78, 5) is 34.0. The number of fused-ring (bicyclic) bond motifs is 1. The Labute approximate surface area is 279 Å². The van der Waals surface area contributed by atoms with Crippen LogP contribution < -0.4 is 14.5 Å². The molecule has 252 valence electrons. The quantitative estimate of drug-likeness (QED) is 0.252. The first-order chi connectivity index (χ1) is 22.5. The van der Waals surface area contributed by atoms with Crippen LogP contribution in [0.4, 0.5) is 24.7 Å². The molecule has 4 heterocycles. The van der Waals surface area contributed by atoms with Gasteiger partial charge in [0.25, 0.3) is 0 Å². The summed E-state index contributed by atoms with van der Waals surface area (Å²) in [5, 5.41) is -0.342. The van der Waals surface area contributed by atoms with Crippen LogP contribution in [-0.2, 0) is 23.9 Å². The molecule has 1 amide bonds. The van der Waals surface area contributed by atoms with Gasteiger partial charge in [0, 0.05) is 44.2 Å². The fourth-order valence-electron chi connectivity index (χ4n) is 7.90. The molecule has 0 bridgehead atoms. The van der Waals surface area contributed by atoms with Crippen molar-refractivity contribution in [2.45, 2.75) is 81.8 Å². The van der Waals surface area contributed by atoms with Gasteiger partial charge >= 0.3 is 12.2 Å². The molecule has 1 aliphatic carbocycles. The van der Waals surface area contributed by atoms with Crippen molar-refractivity contribution in [1.29, 1.82) is 0 Å². The maximum atomic E-state index is 14.2. The molecule has 1 unspecified atom stereocenters. The molecule has 4 aliphatic rings. The van der Waals surface area contributed by atoms with Crippen LogP contribution in [0.15, 0.2) is 30.9 Å². The first-order valence-corrected chi connectivity index (χ1v) is 16.8. The first-order valence-electron chi connectivity index (χ1n) is 16.4. The van der Waals surface area contributed by atoms with E-state index in [0.29, 0.717) is 50.2 Å². The minimum Gasteiger partial charge on any atom is -0.457 e. The number of aromatic nitrogens is 2. The first kappa shape index (κ1) is 33.3. The highest BCUT2D eigenvalue weighted by atomic mass is 35.5. The number of hydrogen-bond donors (Lipinski definition) is 0. The van der Waals surface area contributed by atoms with Crippen molar-refractivity contribution in [3.8, 4) is 6.01 Å². The molecule has 6 rings (SSSR count). The molecule has 3 aliphatic heterocycles. The average Bonchev–Trinajstić information content (AvgIpc) is 3.67. The second-order valence-electron chi connectivity index (χ2n) is 13.2. The van der Waals surface area contributed by atoms with Gasteiger partial charge in [-0.05, 0) is 76.7 Å². The Morgan fingerprint density at radius 1 is 1.15 bits per heavy atom. The van der Waals surface area contributed by atoms with Gasteiger partial charge in [-0.3, -0.25) is 4.79 Å². The topological polar surface area (TPSA) is 69.4 Å². The van der Waals surface area contributed by atoms with Crippen LogP contribution in [0.2, 0.25) is 5.02 Å². The van der Waals surface area contributed by atoms with Crippen LogP contribution in [0.5, 0.6) is 6.01 Å². The van der Waals surface area contributed by atoms with Gasteiger partial charge in [-0.25, -0.2) is 6.57 Å². The zero-order valence-electron chi connectivity index (χ0n) is 26.7. The molecule has 0 spiro atoms. The summed E-state index contributed by atoms with van der Waals surface area (Å²) in [6.07, 6.45) is 4.09. The molecule has 3 fully saturated rings. The normalized spacial score (nSPS) is 23.0. The third kappa shape index (κ3) is 6.88. The molecular formula is C34H41ClF3N7O2. The van der Waals surface area contributed by atoms with E-state index in [1.807, 2.05) is 0 Å². The summed E-state index contributed by atoms with van der Waals surface area (Å²) in [7, 11) is 2.16. The standard InChI is InChI=1S/C34H41ClF3N7O2/c1-4-29(46)45-18-17-44(21-24(45)20-39-2)31-25-12-16-43(28-11-7-10-26(35)30(28)34(36,37)38)22-27(25)40-32(41-31)47-33(13-5-6-14-33)19-23-9-8-15-42(23)3/h4,7,10-11,23-24H,1,5-6,8-9,12-22H2,3H3/t23?,24-/m0/s1. The highest BCUT2D eigenvalue weighted by Crippen LogP contribution is 2.44. The Morgan fingerprint density at radius 2 is 1.94 bits per heavy atom. The van der Waals surface area contributed by atoms with Gasteiger partial charge in [-0.15, -0.1) is 0 Å². The molecule has 13 heteroatoms. The van der Waals surface area contributed by atoms with Crippen LogP contribution in [-0.4, -0.2) is 89.7 Å². The van der Waals surface area contributed by atoms with E-state index in [9.17, 15) is 18.0 Å². The van der Waals surface area contributed by atoms with Gasteiger partial charge < -0.3 is 29.2 Å². The predicted molar refractivity (Wildman–Crippen MR) is 175 cm³/mol. The molecule has 0 radical (unpaired) electrons. The van der Waals surface area contributed by atoms with Crippen molar-refractivity contribution in [3.63, 3.8) is 0 Å². The van der Waals surface area contributed by atoms with Crippen LogP contribution in [0, 0.1) is 6.57 Å². The molecule has 2 aromatic rings. The van der Waals surface area contributed by atoms with Crippen molar-refractivity contribution in [2.24, 2.45) is 0 Å². The number of likely N-dealkylation sites (tertiary alicyclic amines) is 1. The molecule has 9 nitrogen and oxygen atoms in total. The van der Waals surface area contributed by atoms with E-state index in [2.05, 4.69) is 28.3 Å². The summed E-state index contributed by atoms with van der Waals surface area (Å²) in [6.45, 7) is 14.0. The highest BCUT2D eigenvalue weighted by Gasteiger charge is 2.43. The largest absolute Gasteiger partial charge is 0.457 e. The number of rotatable bonds is 8. The molecule has 1 aromatic carbocycles. The lowest BCUT2D eigenvalue weighted by molar-refractivity contribution is -0.137. The van der Waals surface area contributed by atoms with Gasteiger partial charge in [-0.1, -0.05) is 24.2 Å². The summed E-state index contributed by atoms with van der Waals surface area (Å²) in [6, 6.07) is 4.54. The average molecular weight is 672 g/mol. The lowest BCUT2D eigenvalue weighted by Gasteiger charge is -2.41. The number of amides is 1. The van der Waals surface area contributed by atoms with Crippen LogP contribution >= 0.6 is 11.6 Å². The number of ether oxygens (including phenoxy) is 1. The van der Waals surface area contributed by atoms with Crippen molar-refractivity contribution in [2.75, 3.05) is 56.1 Å². The SMILES string of the molecule is [C-]#[N+]C[C@H]1CN(c2nc(OC3(CC4CCCN4C)CCCC3)nc3c2CCN(c2cccc(Cl)c2C(F)(F)F)C3)CCN1C(=O)C=C. The third-order valence-electron chi connectivity index (χ3n) is 10.3. The van der Waals surface area contributed by atoms with Crippen molar-refractivity contribution >= 4 is 29.0 Å². The fourth-order valence-corrected chi connectivity index (χ4v) is 8.18. The predicted octanol–water partition coefficient (Wildman–Crippen LogP) is 6.01. The molecule has 0 N–H and O–H groups in total. The molecule has 2 saturated heterocycles. The molecule has 1 aromatic heterocycles. The minimum atomic E-state index is -4.62. The van der Waals surface area contributed by atoms with Crippen molar-refractivity contribution in [1.82, 2.24) is 19.8 Å². The highest BCUT2D eigenvalue weighted by molar-refractivity contribution is 6.31. The zero-order valence-corrected chi connectivity index (χ0v) is 27.5. The summed E-state index contributed by atoms with van der Waals surface area (Å²) >= 11 is 6.10. The minimum absolute atomic E-state index is 0.0171. The number of alkyl halides is 3. The van der Waals surface area contributed by atoms with Crippen LogP contribution in [0.1, 0.15) is 61.8 Å². The lowest BCUT2D eigenvalue weighted by Crippen LogP contribution is -2.56. The number of carbonyl (C=O) groups excluding carboxylic acids is 1. The van der Waals surface area contributed by atoms with Gasteiger partial charge in [-0.2, -0.15) is 23.1 Å². The van der Waals surface area contributed by atoms with E-state index in [0.717, 1.165) is 57.1 Å². The number of halogens is 4. The number of nitrogens with zero attached hydrogens (tertiary/aromatic N) is 7. The van der Waals surface area contributed by atoms with Crippen LogP contribution in [0.25, 0.3) is 4.85 Å². The Hall–Kier alpha value is -3.56. The Bertz CT molecular complexity index is 1540. The number of anilines is 2. The van der Waals surface area contributed by atoms with Gasteiger partial charge in [0.2, 0.25) is 12.5 Å². The van der Waals surface area contributed by atoms with E-state index < -0.39 is 17.3 Å². The van der Waals surface area contributed by atoms with Gasteiger partial charge in [0.15, 0.2) is 0 Å². The number of carbonyl (C=O) groups is 1. The Kier molecular flexibility index (Phi) is 9.59. The second kappa shape index (κ2) is 13.5. The maximum Gasteiger partial charge on any atom is 0.419 e. The van der Waals surface area contributed by atoms with Crippen LogP contribution in [0.3, 0.4) is 0 Å². The summed E-state index contributed by atoms with van der Waals surface area (Å²) < 4.78 is 49.4. The number of benzene rings is 1. The summed E-state index contributed by atoms with van der Waals surface area (Å²) in [5.74, 6) is 0.448. The lowest BCUT2D eigenvalue weighted by atomic mass is 9.91. The monoisotopic (exact) mass is 671 g/mol. The number of piperazine rings is 1. The third-order valence-corrected chi connectivity index (χ3v) is 10.6. The van der Waals surface area contributed by atoms with E-state index in [4.69, 9.17) is 32.9 Å². The Morgan fingerprint density at radius 3 is 2.62 bits per heavy atom. The van der Waals surface area contributed by atoms with E-state index in [1.54, 1.807) is 9.80 Å². The molecule has 2 atom stereocenters. The second-order valence-corrected chi connectivity index (χ2v) is 13.6. The zero-order chi connectivity index (χ0) is 33.3. The Balaban J connectivity index is 1.38. The fraction of sp³-hybridized carbons (Fsp3) is 0.588. The van der Waals surface area contributed by atoms with E-state index in [1.165, 1.54) is 24.3 Å². The van der Waals surface area contributed by atoms with Crippen molar-refractivity contribution in [3.05, 3.63) is 64.1 Å². The molecular weight excluding hydrogens is 631 g/mol. The van der Waals surface area contributed by atoms with Gasteiger partial charge in [0.05, 0.1) is 28.5 Å².